The van der Waals surface area contributed by atoms with Gasteiger partial charge < -0.3 is 0 Å². The predicted octanol–water partition coefficient (Wildman–Crippen LogP) is 0.475. The highest BCUT2D eigenvalue weighted by Crippen LogP contribution is 2.10. The molecule has 1 aliphatic rings. The number of ketones is 1. The molecule has 0 spiro atoms. The molecule has 0 radical (unpaired) electrons. The molecule has 15 heavy (non-hydrogen) atoms. The number of carbonyl (C=O) groups is 1. The molecule has 1 rings (SSSR count). The van der Waals surface area contributed by atoms with Crippen molar-refractivity contribution in [2.24, 2.45) is 0 Å². The molecule has 5 heteroatoms. The fraction of sp³-hybridized carbons (Fsp3) is 0.900. The van der Waals surface area contributed by atoms with Crippen molar-refractivity contribution in [2.75, 3.05) is 24.6 Å². The van der Waals surface area contributed by atoms with Crippen LogP contribution in [0.15, 0.2) is 0 Å². The minimum Gasteiger partial charge on any atom is -0.300 e. The Balaban J connectivity index is 2.54. The number of hydrogen-bond acceptors (Lipinski definition) is 4. The van der Waals surface area contributed by atoms with Gasteiger partial charge in [-0.05, 0) is 26.8 Å². The SMILES string of the molecule is CC(=O)CC(C)N1CCCS(=O)(=O)CC1. The zero-order valence-corrected chi connectivity index (χ0v) is 10.2. The van der Waals surface area contributed by atoms with Crippen molar-refractivity contribution in [1.29, 1.82) is 0 Å². The Kier molecular flexibility index (Phi) is 4.28. The van der Waals surface area contributed by atoms with Crippen LogP contribution in [0, 0.1) is 0 Å². The molecule has 88 valence electrons. The molecule has 1 heterocycles. The molecular formula is C10H19NO3S. The van der Waals surface area contributed by atoms with Gasteiger partial charge in [0.1, 0.15) is 5.78 Å². The Morgan fingerprint density at radius 3 is 2.60 bits per heavy atom. The predicted molar refractivity (Wildman–Crippen MR) is 59.6 cm³/mol. The minimum atomic E-state index is -2.84. The summed E-state index contributed by atoms with van der Waals surface area (Å²) in [4.78, 5) is 13.1. The Hall–Kier alpha value is -0.420. The maximum atomic E-state index is 11.4. The van der Waals surface area contributed by atoms with Crippen LogP contribution in [0.5, 0.6) is 0 Å². The van der Waals surface area contributed by atoms with Gasteiger partial charge in [0, 0.05) is 19.0 Å². The van der Waals surface area contributed by atoms with Crippen molar-refractivity contribution in [3.63, 3.8) is 0 Å². The molecule has 0 aromatic heterocycles. The van der Waals surface area contributed by atoms with Crippen LogP contribution in [0.25, 0.3) is 0 Å². The van der Waals surface area contributed by atoms with E-state index in [1.807, 2.05) is 6.92 Å². The Morgan fingerprint density at radius 2 is 2.00 bits per heavy atom. The molecule has 0 aliphatic carbocycles. The van der Waals surface area contributed by atoms with E-state index in [2.05, 4.69) is 4.90 Å². The van der Waals surface area contributed by atoms with Crippen molar-refractivity contribution in [1.82, 2.24) is 4.90 Å². The summed E-state index contributed by atoms with van der Waals surface area (Å²) < 4.78 is 22.7. The van der Waals surface area contributed by atoms with Crippen molar-refractivity contribution < 1.29 is 13.2 Å². The van der Waals surface area contributed by atoms with Crippen LogP contribution >= 0.6 is 0 Å². The third kappa shape index (κ3) is 4.30. The lowest BCUT2D eigenvalue weighted by atomic mass is 10.1. The van der Waals surface area contributed by atoms with Gasteiger partial charge in [-0.3, -0.25) is 9.69 Å². The summed E-state index contributed by atoms with van der Waals surface area (Å²) in [7, 11) is -2.84. The molecule has 0 N–H and O–H groups in total. The smallest absolute Gasteiger partial charge is 0.151 e. The number of sulfone groups is 1. The highest BCUT2D eigenvalue weighted by Gasteiger charge is 2.22. The number of nitrogens with zero attached hydrogens (tertiary/aromatic N) is 1. The van der Waals surface area contributed by atoms with E-state index in [4.69, 9.17) is 0 Å². The van der Waals surface area contributed by atoms with E-state index in [0.717, 1.165) is 6.54 Å². The number of rotatable bonds is 3. The van der Waals surface area contributed by atoms with Crippen molar-refractivity contribution in [3.8, 4) is 0 Å². The van der Waals surface area contributed by atoms with Gasteiger partial charge in [-0.1, -0.05) is 0 Å². The summed E-state index contributed by atoms with van der Waals surface area (Å²) in [5.41, 5.74) is 0. The average Bonchev–Trinajstić information content (AvgIpc) is 2.25. The standard InChI is InChI=1S/C10H19NO3S/c1-9(8-10(2)12)11-4-3-6-15(13,14)7-5-11/h9H,3-8H2,1-2H3. The first kappa shape index (κ1) is 12.6. The molecule has 1 saturated heterocycles. The van der Waals surface area contributed by atoms with Crippen molar-refractivity contribution >= 4 is 15.6 Å². The van der Waals surface area contributed by atoms with Crippen LogP contribution in [0.2, 0.25) is 0 Å². The first-order valence-corrected chi connectivity index (χ1v) is 7.17. The normalized spacial score (nSPS) is 24.4. The van der Waals surface area contributed by atoms with E-state index >= 15 is 0 Å². The Bertz CT molecular complexity index is 324. The number of hydrogen-bond donors (Lipinski definition) is 0. The number of Topliss-reactive ketones (excluding diaryl/α,β-unsaturated/α-hetero) is 1. The zero-order valence-electron chi connectivity index (χ0n) is 9.40. The summed E-state index contributed by atoms with van der Waals surface area (Å²) in [6, 6.07) is 0.163. The quantitative estimate of drug-likeness (QED) is 0.711. The van der Waals surface area contributed by atoms with Gasteiger partial charge in [0.15, 0.2) is 9.84 Å². The van der Waals surface area contributed by atoms with Crippen molar-refractivity contribution in [2.45, 2.75) is 32.7 Å². The minimum absolute atomic E-state index is 0.162. The lowest BCUT2D eigenvalue weighted by Crippen LogP contribution is -2.36. The van der Waals surface area contributed by atoms with E-state index in [9.17, 15) is 13.2 Å². The summed E-state index contributed by atoms with van der Waals surface area (Å²) in [5, 5.41) is 0. The van der Waals surface area contributed by atoms with E-state index in [1.54, 1.807) is 6.92 Å². The van der Waals surface area contributed by atoms with Gasteiger partial charge in [-0.25, -0.2) is 8.42 Å². The molecule has 0 aromatic rings. The summed E-state index contributed by atoms with van der Waals surface area (Å²) in [6.07, 6.45) is 1.20. The van der Waals surface area contributed by atoms with E-state index < -0.39 is 9.84 Å². The topological polar surface area (TPSA) is 54.5 Å². The van der Waals surface area contributed by atoms with Crippen LogP contribution in [0.3, 0.4) is 0 Å². The average molecular weight is 233 g/mol. The molecule has 1 aliphatic heterocycles. The third-order valence-corrected chi connectivity index (χ3v) is 4.51. The second kappa shape index (κ2) is 5.07. The molecule has 0 bridgehead atoms. The number of carbonyl (C=O) groups excluding carboxylic acids is 1. The molecule has 1 atom stereocenters. The molecule has 1 unspecified atom stereocenters. The lowest BCUT2D eigenvalue weighted by molar-refractivity contribution is -0.118. The van der Waals surface area contributed by atoms with Gasteiger partial charge in [-0.2, -0.15) is 0 Å². The van der Waals surface area contributed by atoms with Gasteiger partial charge in [0.25, 0.3) is 0 Å². The van der Waals surface area contributed by atoms with E-state index in [-0.39, 0.29) is 23.3 Å². The molecule has 1 fully saturated rings. The first-order valence-electron chi connectivity index (χ1n) is 5.34. The first-order chi connectivity index (χ1) is 6.91. The Morgan fingerprint density at radius 1 is 1.33 bits per heavy atom. The summed E-state index contributed by atoms with van der Waals surface area (Å²) >= 11 is 0. The third-order valence-electron chi connectivity index (χ3n) is 2.80. The molecule has 0 amide bonds. The molecular weight excluding hydrogens is 214 g/mol. The van der Waals surface area contributed by atoms with Crippen LogP contribution in [-0.4, -0.2) is 49.7 Å². The maximum absolute atomic E-state index is 11.4. The fourth-order valence-corrected chi connectivity index (χ4v) is 3.23. The van der Waals surface area contributed by atoms with Crippen LogP contribution < -0.4 is 0 Å². The van der Waals surface area contributed by atoms with E-state index in [0.29, 0.717) is 19.4 Å². The molecule has 0 saturated carbocycles. The van der Waals surface area contributed by atoms with Crippen LogP contribution in [0.1, 0.15) is 26.7 Å². The molecule has 4 nitrogen and oxygen atoms in total. The largest absolute Gasteiger partial charge is 0.300 e. The van der Waals surface area contributed by atoms with Gasteiger partial charge >= 0.3 is 0 Å². The highest BCUT2D eigenvalue weighted by atomic mass is 32.2. The van der Waals surface area contributed by atoms with Gasteiger partial charge in [0.05, 0.1) is 11.5 Å². The Labute approximate surface area is 91.6 Å². The second-order valence-corrected chi connectivity index (χ2v) is 6.60. The van der Waals surface area contributed by atoms with Crippen LogP contribution in [-0.2, 0) is 14.6 Å². The zero-order chi connectivity index (χ0) is 11.5. The highest BCUT2D eigenvalue weighted by molar-refractivity contribution is 7.91. The van der Waals surface area contributed by atoms with Gasteiger partial charge in [0.2, 0.25) is 0 Å². The fourth-order valence-electron chi connectivity index (χ4n) is 1.94. The van der Waals surface area contributed by atoms with Crippen molar-refractivity contribution in [3.05, 3.63) is 0 Å². The van der Waals surface area contributed by atoms with Gasteiger partial charge in [-0.15, -0.1) is 0 Å². The lowest BCUT2D eigenvalue weighted by Gasteiger charge is -2.26. The van der Waals surface area contributed by atoms with Crippen LogP contribution in [0.4, 0.5) is 0 Å². The summed E-state index contributed by atoms with van der Waals surface area (Å²) in [6.45, 7) is 4.91. The monoisotopic (exact) mass is 233 g/mol. The maximum Gasteiger partial charge on any atom is 0.151 e. The summed E-state index contributed by atoms with van der Waals surface area (Å²) in [5.74, 6) is 0.681. The van der Waals surface area contributed by atoms with E-state index in [1.165, 1.54) is 0 Å². The molecule has 0 aromatic carbocycles. The second-order valence-electron chi connectivity index (χ2n) is 4.30.